The molecular formula is C30H32N6O3. The molecule has 3 aromatic carbocycles. The molecular weight excluding hydrogens is 492 g/mol. The van der Waals surface area contributed by atoms with Gasteiger partial charge in [0.2, 0.25) is 0 Å². The minimum Gasteiger partial charge on any atom is -0.444 e. The number of nitrogens with zero attached hydrogens (tertiary/aromatic N) is 3. The van der Waals surface area contributed by atoms with Gasteiger partial charge in [0.25, 0.3) is 5.91 Å². The van der Waals surface area contributed by atoms with E-state index in [1.54, 1.807) is 20.8 Å². The molecule has 1 aliphatic heterocycles. The van der Waals surface area contributed by atoms with Gasteiger partial charge in [-0.1, -0.05) is 42.5 Å². The molecule has 0 atom stereocenters. The molecule has 0 unspecified atom stereocenters. The monoisotopic (exact) mass is 524 g/mol. The third kappa shape index (κ3) is 6.32. The number of rotatable bonds is 5. The molecule has 2 heterocycles. The Hall–Kier alpha value is -4.50. The van der Waals surface area contributed by atoms with E-state index in [0.717, 1.165) is 47.7 Å². The molecule has 0 aliphatic carbocycles. The number of amides is 2. The molecule has 0 spiro atoms. The Bertz CT molecular complexity index is 1520. The molecule has 200 valence electrons. The number of anilines is 1. The number of aromatic nitrogens is 2. The maximum absolute atomic E-state index is 12.7. The van der Waals surface area contributed by atoms with Crippen LogP contribution in [-0.2, 0) is 24.4 Å². The van der Waals surface area contributed by atoms with Crippen LogP contribution in [0.3, 0.4) is 0 Å². The number of carbonyl (C=O) groups excluding carboxylic acids is 2. The van der Waals surface area contributed by atoms with Crippen molar-refractivity contribution in [3.8, 4) is 0 Å². The number of hydrogen-bond donors (Lipinski definition) is 3. The smallest absolute Gasteiger partial charge is 0.413 e. The van der Waals surface area contributed by atoms with Crippen LogP contribution < -0.4 is 10.6 Å². The number of imidazole rings is 1. The Labute approximate surface area is 227 Å². The van der Waals surface area contributed by atoms with Crippen LogP contribution in [0.4, 0.5) is 10.5 Å². The highest BCUT2D eigenvalue weighted by molar-refractivity contribution is 6.06. The lowest BCUT2D eigenvalue weighted by Crippen LogP contribution is -2.36. The second-order valence-electron chi connectivity index (χ2n) is 10.6. The first-order valence-corrected chi connectivity index (χ1v) is 12.9. The fraction of sp³-hybridized carbons (Fsp3) is 0.267. The lowest BCUT2D eigenvalue weighted by Gasteiger charge is -2.28. The molecule has 0 bridgehead atoms. The van der Waals surface area contributed by atoms with E-state index in [1.165, 1.54) is 0 Å². The number of fused-ring (bicyclic) bond motifs is 3. The molecule has 0 radical (unpaired) electrons. The Morgan fingerprint density at radius 1 is 0.974 bits per heavy atom. The third-order valence-corrected chi connectivity index (χ3v) is 6.40. The molecule has 0 saturated heterocycles. The first-order valence-electron chi connectivity index (χ1n) is 12.9. The molecule has 9 nitrogen and oxygen atoms in total. The van der Waals surface area contributed by atoms with E-state index in [2.05, 4.69) is 20.1 Å². The van der Waals surface area contributed by atoms with Crippen molar-refractivity contribution in [2.75, 3.05) is 11.9 Å². The molecule has 3 N–H and O–H groups in total. The van der Waals surface area contributed by atoms with Gasteiger partial charge in [0.1, 0.15) is 17.3 Å². The highest BCUT2D eigenvalue weighted by Gasteiger charge is 2.21. The zero-order chi connectivity index (χ0) is 27.6. The molecule has 5 rings (SSSR count). The highest BCUT2D eigenvalue weighted by atomic mass is 16.6. The van der Waals surface area contributed by atoms with Crippen LogP contribution in [0.5, 0.6) is 0 Å². The zero-order valence-electron chi connectivity index (χ0n) is 22.3. The first kappa shape index (κ1) is 26.1. The van der Waals surface area contributed by atoms with Crippen LogP contribution in [0.25, 0.3) is 11.0 Å². The second-order valence-corrected chi connectivity index (χ2v) is 10.6. The van der Waals surface area contributed by atoms with Crippen molar-refractivity contribution in [1.29, 1.82) is 5.41 Å². The molecule has 4 aromatic rings. The van der Waals surface area contributed by atoms with Crippen LogP contribution in [0.2, 0.25) is 0 Å². The number of nitrogens with one attached hydrogen (secondary N) is 3. The molecule has 2 amide bonds. The Morgan fingerprint density at radius 2 is 1.69 bits per heavy atom. The van der Waals surface area contributed by atoms with E-state index in [-0.39, 0.29) is 11.7 Å². The van der Waals surface area contributed by atoms with Crippen LogP contribution in [0, 0.1) is 5.41 Å². The summed E-state index contributed by atoms with van der Waals surface area (Å²) in [4.78, 5) is 31.9. The van der Waals surface area contributed by atoms with Gasteiger partial charge in [-0.05, 0) is 56.7 Å². The molecule has 1 aromatic heterocycles. The van der Waals surface area contributed by atoms with Gasteiger partial charge in [-0.25, -0.2) is 9.78 Å². The number of hydrogen-bond acceptors (Lipinski definition) is 6. The van der Waals surface area contributed by atoms with Gasteiger partial charge in [-0.2, -0.15) is 0 Å². The third-order valence-electron chi connectivity index (χ3n) is 6.40. The number of benzene rings is 3. The number of alkyl carbamates (subject to hydrolysis) is 1. The Morgan fingerprint density at radius 3 is 2.41 bits per heavy atom. The molecule has 39 heavy (non-hydrogen) atoms. The average molecular weight is 525 g/mol. The predicted molar refractivity (Wildman–Crippen MR) is 151 cm³/mol. The summed E-state index contributed by atoms with van der Waals surface area (Å²) in [5.74, 6) is 0.810. The van der Waals surface area contributed by atoms with Crippen molar-refractivity contribution in [3.63, 3.8) is 0 Å². The fourth-order valence-corrected chi connectivity index (χ4v) is 4.58. The van der Waals surface area contributed by atoms with E-state index in [1.807, 2.05) is 72.8 Å². The summed E-state index contributed by atoms with van der Waals surface area (Å²) in [5, 5.41) is 13.6. The predicted octanol–water partition coefficient (Wildman–Crippen LogP) is 5.15. The minimum absolute atomic E-state index is 0.000640. The molecule has 1 aliphatic rings. The summed E-state index contributed by atoms with van der Waals surface area (Å²) in [6, 6.07) is 22.7. The minimum atomic E-state index is -0.642. The van der Waals surface area contributed by atoms with E-state index < -0.39 is 11.7 Å². The van der Waals surface area contributed by atoms with Gasteiger partial charge in [0.15, 0.2) is 0 Å². The number of para-hydroxylation sites is 1. The maximum Gasteiger partial charge on any atom is 0.413 e. The van der Waals surface area contributed by atoms with Gasteiger partial charge in [-0.3, -0.25) is 20.4 Å². The standard InChI is InChI=1S/C30H32N6O3/c1-30(2,3)39-29(38)34-27(31)21-11-9-20(10-12-21)18-35-15-16-36-25-14-13-22(17-24(25)33-26(36)19-35)28(37)32-23-7-5-4-6-8-23/h4-14,17H,15-16,18-19H2,1-3H3,(H,32,37)(H2,31,34,38). The summed E-state index contributed by atoms with van der Waals surface area (Å²) < 4.78 is 7.44. The largest absolute Gasteiger partial charge is 0.444 e. The van der Waals surface area contributed by atoms with Crippen LogP contribution in [0.1, 0.15) is 48.1 Å². The van der Waals surface area contributed by atoms with Crippen LogP contribution in [0.15, 0.2) is 72.8 Å². The van der Waals surface area contributed by atoms with E-state index in [0.29, 0.717) is 17.7 Å². The lowest BCUT2D eigenvalue weighted by atomic mass is 10.1. The molecule has 0 saturated carbocycles. The summed E-state index contributed by atoms with van der Waals surface area (Å²) in [7, 11) is 0. The lowest BCUT2D eigenvalue weighted by molar-refractivity contribution is 0.0563. The van der Waals surface area contributed by atoms with Crippen molar-refractivity contribution in [1.82, 2.24) is 19.8 Å². The van der Waals surface area contributed by atoms with Crippen molar-refractivity contribution < 1.29 is 14.3 Å². The van der Waals surface area contributed by atoms with Gasteiger partial charge >= 0.3 is 6.09 Å². The van der Waals surface area contributed by atoms with Gasteiger partial charge in [-0.15, -0.1) is 0 Å². The number of carbonyl (C=O) groups is 2. The zero-order valence-corrected chi connectivity index (χ0v) is 22.3. The van der Waals surface area contributed by atoms with Crippen LogP contribution >= 0.6 is 0 Å². The fourth-order valence-electron chi connectivity index (χ4n) is 4.58. The first-order chi connectivity index (χ1) is 18.6. The normalized spacial score (nSPS) is 13.5. The summed E-state index contributed by atoms with van der Waals surface area (Å²) in [6.45, 7) is 8.45. The second kappa shape index (κ2) is 10.7. The van der Waals surface area contributed by atoms with Crippen molar-refractivity contribution >= 4 is 34.6 Å². The van der Waals surface area contributed by atoms with Crippen molar-refractivity contribution in [2.45, 2.75) is 46.0 Å². The van der Waals surface area contributed by atoms with Gasteiger partial charge in [0.05, 0.1) is 17.6 Å². The average Bonchev–Trinajstić information content (AvgIpc) is 3.25. The summed E-state index contributed by atoms with van der Waals surface area (Å²) in [5.41, 5.74) is 4.26. The van der Waals surface area contributed by atoms with Crippen molar-refractivity contribution in [2.24, 2.45) is 0 Å². The highest BCUT2D eigenvalue weighted by Crippen LogP contribution is 2.24. The number of ether oxygens (including phenoxy) is 1. The van der Waals surface area contributed by atoms with Crippen LogP contribution in [-0.4, -0.2) is 44.4 Å². The molecule has 9 heteroatoms. The van der Waals surface area contributed by atoms with E-state index in [9.17, 15) is 9.59 Å². The Balaban J connectivity index is 1.21. The summed E-state index contributed by atoms with van der Waals surface area (Å²) >= 11 is 0. The van der Waals surface area contributed by atoms with E-state index in [4.69, 9.17) is 15.1 Å². The SMILES string of the molecule is CC(C)(C)OC(=O)NC(=N)c1ccc(CN2CCn3c(nc4cc(C(=O)Nc5ccccc5)ccc43)C2)cc1. The van der Waals surface area contributed by atoms with Gasteiger partial charge < -0.3 is 14.6 Å². The van der Waals surface area contributed by atoms with Crippen molar-refractivity contribution in [3.05, 3.63) is 95.3 Å². The topological polar surface area (TPSA) is 112 Å². The quantitative estimate of drug-likeness (QED) is 0.247. The van der Waals surface area contributed by atoms with E-state index >= 15 is 0 Å². The van der Waals surface area contributed by atoms with Gasteiger partial charge in [0, 0.05) is 36.4 Å². The molecule has 0 fully saturated rings. The summed E-state index contributed by atoms with van der Waals surface area (Å²) in [6.07, 6.45) is -0.642. The maximum atomic E-state index is 12.7. The number of amidine groups is 1. The Kier molecular flexibility index (Phi) is 7.17.